The van der Waals surface area contributed by atoms with E-state index in [0.717, 1.165) is 19.3 Å². The molecule has 1 N–H and O–H groups in total. The van der Waals surface area contributed by atoms with Gasteiger partial charge in [0.05, 0.1) is 6.61 Å². The molecule has 0 unspecified atom stereocenters. The Morgan fingerprint density at radius 1 is 1.13 bits per heavy atom. The summed E-state index contributed by atoms with van der Waals surface area (Å²) >= 11 is 0. The van der Waals surface area contributed by atoms with Gasteiger partial charge in [0.25, 0.3) is 5.91 Å². The van der Waals surface area contributed by atoms with E-state index >= 15 is 0 Å². The number of ether oxygens (including phenoxy) is 1. The molecule has 0 bridgehead atoms. The van der Waals surface area contributed by atoms with E-state index in [4.69, 9.17) is 4.74 Å². The Hall–Kier alpha value is -2.38. The quantitative estimate of drug-likeness (QED) is 0.671. The van der Waals surface area contributed by atoms with Gasteiger partial charge < -0.3 is 9.64 Å². The zero-order chi connectivity index (χ0) is 22.4. The molecule has 1 heterocycles. The number of hydrogen-bond acceptors (Lipinski definition) is 4. The van der Waals surface area contributed by atoms with E-state index in [1.54, 1.807) is 32.9 Å². The lowest BCUT2D eigenvalue weighted by Crippen LogP contribution is -2.39. The summed E-state index contributed by atoms with van der Waals surface area (Å²) in [4.78, 5) is 14.9. The fraction of sp³-hybridized carbons (Fsp3) is 0.458. The van der Waals surface area contributed by atoms with E-state index in [2.05, 4.69) is 29.0 Å². The van der Waals surface area contributed by atoms with Gasteiger partial charge in [0.15, 0.2) is 0 Å². The molecule has 2 aromatic carbocycles. The van der Waals surface area contributed by atoms with E-state index in [0.29, 0.717) is 31.2 Å². The van der Waals surface area contributed by atoms with Crippen molar-refractivity contribution in [3.8, 4) is 5.75 Å². The van der Waals surface area contributed by atoms with Gasteiger partial charge in [-0.3, -0.25) is 4.79 Å². The molecule has 0 aliphatic carbocycles. The van der Waals surface area contributed by atoms with Crippen LogP contribution in [0.1, 0.15) is 49.5 Å². The van der Waals surface area contributed by atoms with E-state index < -0.39 is 10.0 Å². The number of benzene rings is 2. The summed E-state index contributed by atoms with van der Waals surface area (Å²) in [7, 11) is -3.79. The smallest absolute Gasteiger partial charge is 0.253 e. The molecule has 2 aromatic rings. The van der Waals surface area contributed by atoms with Gasteiger partial charge in [-0.15, -0.1) is 0 Å². The van der Waals surface area contributed by atoms with E-state index in [-0.39, 0.29) is 22.6 Å². The molecule has 1 saturated heterocycles. The van der Waals surface area contributed by atoms with Gasteiger partial charge in [-0.1, -0.05) is 30.3 Å². The number of piperidine rings is 1. The highest BCUT2D eigenvalue weighted by molar-refractivity contribution is 7.89. The Kier molecular flexibility index (Phi) is 7.73. The Balaban J connectivity index is 1.72. The van der Waals surface area contributed by atoms with Crippen molar-refractivity contribution in [2.75, 3.05) is 19.7 Å². The fourth-order valence-corrected chi connectivity index (χ4v) is 5.39. The maximum Gasteiger partial charge on any atom is 0.253 e. The van der Waals surface area contributed by atoms with Crippen LogP contribution in [0.3, 0.4) is 0 Å². The first-order chi connectivity index (χ1) is 14.8. The lowest BCUT2D eigenvalue weighted by molar-refractivity contribution is 0.0690. The first-order valence-electron chi connectivity index (χ1n) is 10.9. The molecule has 0 radical (unpaired) electrons. The summed E-state index contributed by atoms with van der Waals surface area (Å²) < 4.78 is 33.7. The largest absolute Gasteiger partial charge is 0.492 e. The Bertz CT molecular complexity index is 982. The number of amides is 1. The minimum atomic E-state index is -3.79. The van der Waals surface area contributed by atoms with Crippen LogP contribution >= 0.6 is 0 Å². The van der Waals surface area contributed by atoms with Crippen LogP contribution in [0.2, 0.25) is 0 Å². The summed E-state index contributed by atoms with van der Waals surface area (Å²) in [6, 6.07) is 14.8. The molecule has 6 nitrogen and oxygen atoms in total. The van der Waals surface area contributed by atoms with Gasteiger partial charge in [0, 0.05) is 24.7 Å². The van der Waals surface area contributed by atoms with Crippen LogP contribution < -0.4 is 9.46 Å². The van der Waals surface area contributed by atoms with Crippen LogP contribution in [0.5, 0.6) is 5.75 Å². The molecule has 168 valence electrons. The molecule has 7 heteroatoms. The minimum absolute atomic E-state index is 0.00728. The van der Waals surface area contributed by atoms with Crippen molar-refractivity contribution in [1.29, 1.82) is 0 Å². The van der Waals surface area contributed by atoms with E-state index in [1.807, 2.05) is 11.0 Å². The zero-order valence-corrected chi connectivity index (χ0v) is 19.3. The highest BCUT2D eigenvalue weighted by Crippen LogP contribution is 2.28. The minimum Gasteiger partial charge on any atom is -0.492 e. The van der Waals surface area contributed by atoms with Crippen LogP contribution in [-0.2, 0) is 16.4 Å². The van der Waals surface area contributed by atoms with Crippen molar-refractivity contribution < 1.29 is 17.9 Å². The maximum absolute atomic E-state index is 13.1. The van der Waals surface area contributed by atoms with Gasteiger partial charge in [-0.25, -0.2) is 13.1 Å². The van der Waals surface area contributed by atoms with Crippen LogP contribution in [0.25, 0.3) is 0 Å². The predicted octanol–water partition coefficient (Wildman–Crippen LogP) is 3.87. The van der Waals surface area contributed by atoms with Crippen LogP contribution in [0.15, 0.2) is 53.4 Å². The SMILES string of the molecule is CCOc1ccc(C(=O)N2CCC(Cc3ccccc3)CC2)cc1S(=O)(=O)NC(C)C. The van der Waals surface area contributed by atoms with Crippen LogP contribution in [0.4, 0.5) is 0 Å². The third-order valence-electron chi connectivity index (χ3n) is 5.44. The fourth-order valence-electron chi connectivity index (χ4n) is 3.97. The summed E-state index contributed by atoms with van der Waals surface area (Å²) in [5, 5.41) is 0. The maximum atomic E-state index is 13.1. The molecule has 3 rings (SSSR count). The number of sulfonamides is 1. The number of nitrogens with zero attached hydrogens (tertiary/aromatic N) is 1. The molecular weight excluding hydrogens is 412 g/mol. The zero-order valence-electron chi connectivity index (χ0n) is 18.5. The van der Waals surface area contributed by atoms with Crippen molar-refractivity contribution in [1.82, 2.24) is 9.62 Å². The molecule has 0 atom stereocenters. The van der Waals surface area contributed by atoms with Crippen LogP contribution in [-0.4, -0.2) is 45.0 Å². The Morgan fingerprint density at radius 3 is 2.42 bits per heavy atom. The summed E-state index contributed by atoms with van der Waals surface area (Å²) in [6.45, 7) is 7.00. The third kappa shape index (κ3) is 6.08. The monoisotopic (exact) mass is 444 g/mol. The summed E-state index contributed by atoms with van der Waals surface area (Å²) in [6.07, 6.45) is 2.91. The van der Waals surface area contributed by atoms with Gasteiger partial charge in [-0.2, -0.15) is 0 Å². The molecule has 0 aromatic heterocycles. The average Bonchev–Trinajstić information content (AvgIpc) is 2.74. The second-order valence-corrected chi connectivity index (χ2v) is 9.98. The van der Waals surface area contributed by atoms with E-state index in [9.17, 15) is 13.2 Å². The second-order valence-electron chi connectivity index (χ2n) is 8.30. The number of nitrogens with one attached hydrogen (secondary N) is 1. The average molecular weight is 445 g/mol. The molecular formula is C24H32N2O4S. The van der Waals surface area contributed by atoms with Gasteiger partial charge >= 0.3 is 0 Å². The molecule has 1 amide bonds. The standard InChI is InChI=1S/C24H32N2O4S/c1-4-30-22-11-10-21(17-23(22)31(28,29)25-18(2)3)24(27)26-14-12-20(13-15-26)16-19-8-6-5-7-9-19/h5-11,17-18,20,25H,4,12-16H2,1-3H3. The van der Waals surface area contributed by atoms with Gasteiger partial charge in [0.2, 0.25) is 10.0 Å². The third-order valence-corrected chi connectivity index (χ3v) is 7.12. The highest BCUT2D eigenvalue weighted by Gasteiger charge is 2.27. The Morgan fingerprint density at radius 2 is 1.81 bits per heavy atom. The second kappa shape index (κ2) is 10.3. The summed E-state index contributed by atoms with van der Waals surface area (Å²) in [5.74, 6) is 0.675. The molecule has 1 fully saturated rings. The van der Waals surface area contributed by atoms with Crippen molar-refractivity contribution in [2.45, 2.75) is 51.0 Å². The Labute approximate surface area is 185 Å². The number of carbonyl (C=O) groups excluding carboxylic acids is 1. The predicted molar refractivity (Wildman–Crippen MR) is 122 cm³/mol. The number of likely N-dealkylation sites (tertiary alicyclic amines) is 1. The summed E-state index contributed by atoms with van der Waals surface area (Å²) in [5.41, 5.74) is 1.69. The molecule has 1 aliphatic heterocycles. The van der Waals surface area contributed by atoms with Crippen LogP contribution in [0, 0.1) is 5.92 Å². The first kappa shape index (κ1) is 23.3. The van der Waals surface area contributed by atoms with Crippen molar-refractivity contribution >= 4 is 15.9 Å². The molecule has 1 aliphatic rings. The number of carbonyl (C=O) groups is 1. The first-order valence-corrected chi connectivity index (χ1v) is 12.4. The number of hydrogen-bond donors (Lipinski definition) is 1. The molecule has 31 heavy (non-hydrogen) atoms. The normalized spacial score (nSPS) is 15.3. The van der Waals surface area contributed by atoms with Crippen molar-refractivity contribution in [3.63, 3.8) is 0 Å². The highest BCUT2D eigenvalue weighted by atomic mass is 32.2. The van der Waals surface area contributed by atoms with Gasteiger partial charge in [-0.05, 0) is 69.7 Å². The van der Waals surface area contributed by atoms with E-state index in [1.165, 1.54) is 11.6 Å². The lowest BCUT2D eigenvalue weighted by Gasteiger charge is -2.32. The number of rotatable bonds is 8. The topological polar surface area (TPSA) is 75.7 Å². The van der Waals surface area contributed by atoms with Crippen molar-refractivity contribution in [3.05, 3.63) is 59.7 Å². The van der Waals surface area contributed by atoms with Gasteiger partial charge in [0.1, 0.15) is 10.6 Å². The molecule has 0 spiro atoms. The van der Waals surface area contributed by atoms with Crippen molar-refractivity contribution in [2.24, 2.45) is 5.92 Å². The lowest BCUT2D eigenvalue weighted by atomic mass is 9.90. The molecule has 0 saturated carbocycles.